The molecule has 1 amide bonds. The first-order valence-electron chi connectivity index (χ1n) is 7.29. The number of carboxylic acid groups (broad SMARTS) is 1. The smallest absolute Gasteiger partial charge is 0.323 e. The van der Waals surface area contributed by atoms with Crippen LogP contribution < -0.4 is 0 Å². The first-order chi connectivity index (χ1) is 10.3. The normalized spacial score (nSPS) is 19.8. The first-order valence-corrected chi connectivity index (χ1v) is 8.90. The van der Waals surface area contributed by atoms with E-state index in [0.29, 0.717) is 19.4 Å². The van der Waals surface area contributed by atoms with Crippen molar-refractivity contribution in [2.45, 2.75) is 19.8 Å². The fraction of sp³-hybridized carbons (Fsp3) is 0.846. The third-order valence-corrected chi connectivity index (χ3v) is 5.54. The van der Waals surface area contributed by atoms with Crippen LogP contribution in [-0.4, -0.2) is 80.3 Å². The van der Waals surface area contributed by atoms with E-state index in [0.717, 1.165) is 0 Å². The molecule has 0 aliphatic carbocycles. The Bertz CT molecular complexity index is 493. The van der Waals surface area contributed by atoms with Gasteiger partial charge in [0.05, 0.1) is 18.3 Å². The van der Waals surface area contributed by atoms with E-state index in [1.54, 1.807) is 6.92 Å². The summed E-state index contributed by atoms with van der Waals surface area (Å²) in [5.74, 6) is -1.92. The summed E-state index contributed by atoms with van der Waals surface area (Å²) in [6.45, 7) is 2.12. The Morgan fingerprint density at radius 2 is 2.09 bits per heavy atom. The van der Waals surface area contributed by atoms with E-state index in [2.05, 4.69) is 0 Å². The second-order valence-corrected chi connectivity index (χ2v) is 7.50. The van der Waals surface area contributed by atoms with E-state index in [4.69, 9.17) is 9.84 Å². The number of carbonyl (C=O) groups excluding carboxylic acids is 1. The molecule has 0 radical (unpaired) electrons. The average molecular weight is 336 g/mol. The van der Waals surface area contributed by atoms with Gasteiger partial charge in [-0.1, -0.05) is 0 Å². The van der Waals surface area contributed by atoms with Gasteiger partial charge in [-0.3, -0.25) is 9.59 Å². The molecule has 1 rings (SSSR count). The summed E-state index contributed by atoms with van der Waals surface area (Å²) in [5.41, 5.74) is 0. The third-order valence-electron chi connectivity index (χ3n) is 3.69. The van der Waals surface area contributed by atoms with Crippen LogP contribution in [0.5, 0.6) is 0 Å². The highest BCUT2D eigenvalue weighted by Gasteiger charge is 2.33. The SMILES string of the molecule is CCS(=O)(=O)N1CCCC(C(=O)N(CCOC)CC(=O)O)C1. The van der Waals surface area contributed by atoms with Crippen LogP contribution >= 0.6 is 0 Å². The van der Waals surface area contributed by atoms with Crippen molar-refractivity contribution in [2.75, 3.05) is 45.6 Å². The van der Waals surface area contributed by atoms with Crippen LogP contribution in [0.3, 0.4) is 0 Å². The molecule has 9 heteroatoms. The minimum Gasteiger partial charge on any atom is -0.480 e. The summed E-state index contributed by atoms with van der Waals surface area (Å²) in [4.78, 5) is 24.6. The Balaban J connectivity index is 2.77. The molecule has 1 fully saturated rings. The minimum absolute atomic E-state index is 0.00355. The van der Waals surface area contributed by atoms with Gasteiger partial charge in [-0.25, -0.2) is 12.7 Å². The van der Waals surface area contributed by atoms with Crippen molar-refractivity contribution in [1.82, 2.24) is 9.21 Å². The molecule has 1 aliphatic rings. The van der Waals surface area contributed by atoms with E-state index >= 15 is 0 Å². The highest BCUT2D eigenvalue weighted by molar-refractivity contribution is 7.89. The van der Waals surface area contributed by atoms with E-state index in [1.807, 2.05) is 0 Å². The average Bonchev–Trinajstić information content (AvgIpc) is 2.50. The zero-order valence-corrected chi connectivity index (χ0v) is 13.8. The second kappa shape index (κ2) is 8.44. The zero-order valence-electron chi connectivity index (χ0n) is 13.0. The summed E-state index contributed by atoms with van der Waals surface area (Å²) in [6.07, 6.45) is 1.17. The summed E-state index contributed by atoms with van der Waals surface area (Å²) in [7, 11) is -1.86. The molecular formula is C13H24N2O6S. The number of ether oxygens (including phenoxy) is 1. The van der Waals surface area contributed by atoms with E-state index in [9.17, 15) is 18.0 Å². The van der Waals surface area contributed by atoms with Crippen molar-refractivity contribution in [2.24, 2.45) is 5.92 Å². The lowest BCUT2D eigenvalue weighted by atomic mass is 9.98. The van der Waals surface area contributed by atoms with Gasteiger partial charge in [-0.2, -0.15) is 0 Å². The highest BCUT2D eigenvalue weighted by atomic mass is 32.2. The molecule has 0 spiro atoms. The highest BCUT2D eigenvalue weighted by Crippen LogP contribution is 2.21. The minimum atomic E-state index is -3.33. The van der Waals surface area contributed by atoms with Gasteiger partial charge in [0.2, 0.25) is 15.9 Å². The van der Waals surface area contributed by atoms with E-state index in [1.165, 1.54) is 16.3 Å². The maximum atomic E-state index is 12.5. The quantitative estimate of drug-likeness (QED) is 0.647. The largest absolute Gasteiger partial charge is 0.480 e. The van der Waals surface area contributed by atoms with Crippen LogP contribution in [0.4, 0.5) is 0 Å². The molecule has 1 saturated heterocycles. The molecule has 1 atom stereocenters. The lowest BCUT2D eigenvalue weighted by molar-refractivity contribution is -0.147. The predicted molar refractivity (Wildman–Crippen MR) is 79.8 cm³/mol. The van der Waals surface area contributed by atoms with Gasteiger partial charge in [0, 0.05) is 26.7 Å². The van der Waals surface area contributed by atoms with Gasteiger partial charge in [-0.05, 0) is 19.8 Å². The standard InChI is InChI=1S/C13H24N2O6S/c1-3-22(19,20)15-6-4-5-11(9-15)13(18)14(7-8-21-2)10-12(16)17/h11H,3-10H2,1-2H3,(H,16,17). The number of rotatable bonds is 8. The number of amides is 1. The number of sulfonamides is 1. The Morgan fingerprint density at radius 3 is 2.64 bits per heavy atom. The van der Waals surface area contributed by atoms with Crippen LogP contribution in [0.2, 0.25) is 0 Å². The number of carbonyl (C=O) groups is 2. The Morgan fingerprint density at radius 1 is 1.41 bits per heavy atom. The molecule has 0 aromatic heterocycles. The van der Waals surface area contributed by atoms with Crippen LogP contribution in [-0.2, 0) is 24.3 Å². The Labute approximate surface area is 131 Å². The molecule has 1 heterocycles. The number of hydrogen-bond acceptors (Lipinski definition) is 5. The third kappa shape index (κ3) is 5.22. The maximum Gasteiger partial charge on any atom is 0.323 e. The number of aliphatic carboxylic acids is 1. The van der Waals surface area contributed by atoms with Crippen LogP contribution in [0.1, 0.15) is 19.8 Å². The molecule has 1 aliphatic heterocycles. The van der Waals surface area contributed by atoms with Gasteiger partial charge < -0.3 is 14.7 Å². The molecule has 1 unspecified atom stereocenters. The van der Waals surface area contributed by atoms with Crippen molar-refractivity contribution in [3.63, 3.8) is 0 Å². The van der Waals surface area contributed by atoms with Crippen molar-refractivity contribution >= 4 is 21.9 Å². The fourth-order valence-electron chi connectivity index (χ4n) is 2.47. The Hall–Kier alpha value is -1.19. The molecule has 22 heavy (non-hydrogen) atoms. The lowest BCUT2D eigenvalue weighted by Gasteiger charge is -2.33. The number of nitrogens with zero attached hydrogens (tertiary/aromatic N) is 2. The second-order valence-electron chi connectivity index (χ2n) is 5.24. The van der Waals surface area contributed by atoms with Crippen molar-refractivity contribution < 1.29 is 27.9 Å². The molecule has 1 N–H and O–H groups in total. The van der Waals surface area contributed by atoms with Crippen LogP contribution in [0.15, 0.2) is 0 Å². The molecule has 0 bridgehead atoms. The monoisotopic (exact) mass is 336 g/mol. The summed E-state index contributed by atoms with van der Waals surface area (Å²) < 4.78 is 30.1. The lowest BCUT2D eigenvalue weighted by Crippen LogP contribution is -2.48. The zero-order chi connectivity index (χ0) is 16.8. The van der Waals surface area contributed by atoms with E-state index in [-0.39, 0.29) is 31.4 Å². The topological polar surface area (TPSA) is 104 Å². The van der Waals surface area contributed by atoms with Gasteiger partial charge >= 0.3 is 5.97 Å². The summed E-state index contributed by atoms with van der Waals surface area (Å²) in [6, 6.07) is 0. The summed E-state index contributed by atoms with van der Waals surface area (Å²) in [5, 5.41) is 8.91. The van der Waals surface area contributed by atoms with Gasteiger partial charge in [0.15, 0.2) is 0 Å². The van der Waals surface area contributed by atoms with Crippen molar-refractivity contribution in [1.29, 1.82) is 0 Å². The van der Waals surface area contributed by atoms with Crippen molar-refractivity contribution in [3.8, 4) is 0 Å². The van der Waals surface area contributed by atoms with Crippen LogP contribution in [0.25, 0.3) is 0 Å². The summed E-state index contributed by atoms with van der Waals surface area (Å²) >= 11 is 0. The number of piperidine rings is 1. The van der Waals surface area contributed by atoms with Gasteiger partial charge in [0.1, 0.15) is 6.54 Å². The van der Waals surface area contributed by atoms with Gasteiger partial charge in [-0.15, -0.1) is 0 Å². The molecule has 8 nitrogen and oxygen atoms in total. The molecular weight excluding hydrogens is 312 g/mol. The Kier molecular flexibility index (Phi) is 7.24. The maximum absolute atomic E-state index is 12.5. The van der Waals surface area contributed by atoms with Gasteiger partial charge in [0.25, 0.3) is 0 Å². The first kappa shape index (κ1) is 18.9. The number of carboxylic acids is 1. The predicted octanol–water partition coefficient (Wildman–Crippen LogP) is -0.392. The van der Waals surface area contributed by atoms with Crippen LogP contribution in [0, 0.1) is 5.92 Å². The molecule has 128 valence electrons. The number of hydrogen-bond donors (Lipinski definition) is 1. The van der Waals surface area contributed by atoms with E-state index < -0.39 is 28.5 Å². The molecule has 0 saturated carbocycles. The molecule has 0 aromatic carbocycles. The van der Waals surface area contributed by atoms with Crippen molar-refractivity contribution in [3.05, 3.63) is 0 Å². The fourth-order valence-corrected chi connectivity index (χ4v) is 3.65. The number of methoxy groups -OCH3 is 1. The molecule has 0 aromatic rings.